The van der Waals surface area contributed by atoms with Gasteiger partial charge in [-0.3, -0.25) is 9.10 Å². The zero-order chi connectivity index (χ0) is 28.7. The van der Waals surface area contributed by atoms with Gasteiger partial charge in [0.05, 0.1) is 37.6 Å². The SMILES string of the molecule is COc1ccc(OC)c(/C=N\NC(=O)c2ccc(CN(c3cc(Cl)ccc3C)S(=O)(=O)c3ccccc3)cc2)c1. The van der Waals surface area contributed by atoms with Crippen molar-refractivity contribution in [3.05, 3.63) is 118 Å². The molecule has 0 aliphatic rings. The lowest BCUT2D eigenvalue weighted by Crippen LogP contribution is -2.31. The molecule has 0 aliphatic heterocycles. The number of sulfonamides is 1. The number of nitrogens with one attached hydrogen (secondary N) is 1. The number of amides is 1. The molecule has 0 spiro atoms. The molecule has 0 heterocycles. The Hall–Kier alpha value is -4.34. The molecule has 4 aromatic rings. The monoisotopic (exact) mass is 577 g/mol. The van der Waals surface area contributed by atoms with Crippen molar-refractivity contribution in [2.24, 2.45) is 5.10 Å². The number of hydrogen-bond acceptors (Lipinski definition) is 6. The first-order valence-electron chi connectivity index (χ1n) is 12.2. The lowest BCUT2D eigenvalue weighted by Gasteiger charge is -2.26. The molecule has 4 aromatic carbocycles. The number of hydrogen-bond donors (Lipinski definition) is 1. The van der Waals surface area contributed by atoms with Crippen molar-refractivity contribution in [1.82, 2.24) is 5.43 Å². The minimum atomic E-state index is -3.91. The summed E-state index contributed by atoms with van der Waals surface area (Å²) in [6.07, 6.45) is 1.47. The minimum Gasteiger partial charge on any atom is -0.497 e. The second-order valence-electron chi connectivity index (χ2n) is 8.76. The van der Waals surface area contributed by atoms with Gasteiger partial charge < -0.3 is 9.47 Å². The van der Waals surface area contributed by atoms with E-state index >= 15 is 0 Å². The van der Waals surface area contributed by atoms with Gasteiger partial charge in [0.2, 0.25) is 0 Å². The van der Waals surface area contributed by atoms with Crippen LogP contribution in [0.25, 0.3) is 0 Å². The van der Waals surface area contributed by atoms with Crippen molar-refractivity contribution in [3.63, 3.8) is 0 Å². The van der Waals surface area contributed by atoms with E-state index in [9.17, 15) is 13.2 Å². The molecule has 206 valence electrons. The van der Waals surface area contributed by atoms with E-state index in [-0.39, 0.29) is 11.4 Å². The summed E-state index contributed by atoms with van der Waals surface area (Å²) in [5.74, 6) is 0.776. The topological polar surface area (TPSA) is 97.3 Å². The molecule has 4 rings (SSSR count). The first-order chi connectivity index (χ1) is 19.2. The molecule has 0 aliphatic carbocycles. The van der Waals surface area contributed by atoms with Gasteiger partial charge >= 0.3 is 0 Å². The van der Waals surface area contributed by atoms with Crippen LogP contribution >= 0.6 is 11.6 Å². The normalized spacial score (nSPS) is 11.3. The van der Waals surface area contributed by atoms with Crippen molar-refractivity contribution in [2.45, 2.75) is 18.4 Å². The molecule has 40 heavy (non-hydrogen) atoms. The predicted molar refractivity (Wildman–Crippen MR) is 157 cm³/mol. The third-order valence-corrected chi connectivity index (χ3v) is 8.13. The first-order valence-corrected chi connectivity index (χ1v) is 14.0. The molecule has 10 heteroatoms. The number of methoxy groups -OCH3 is 2. The molecule has 0 aromatic heterocycles. The third kappa shape index (κ3) is 6.62. The van der Waals surface area contributed by atoms with Crippen LogP contribution in [0.15, 0.2) is 101 Å². The summed E-state index contributed by atoms with van der Waals surface area (Å²) in [6.45, 7) is 1.86. The van der Waals surface area contributed by atoms with Crippen LogP contribution < -0.4 is 19.2 Å². The molecular weight excluding hydrogens is 550 g/mol. The van der Waals surface area contributed by atoms with Crippen LogP contribution in [-0.2, 0) is 16.6 Å². The van der Waals surface area contributed by atoms with Gasteiger partial charge in [0, 0.05) is 16.1 Å². The van der Waals surface area contributed by atoms with E-state index in [0.29, 0.717) is 38.9 Å². The molecule has 0 radical (unpaired) electrons. The Morgan fingerprint density at radius 1 is 0.950 bits per heavy atom. The van der Waals surface area contributed by atoms with Crippen molar-refractivity contribution < 1.29 is 22.7 Å². The smallest absolute Gasteiger partial charge is 0.271 e. The van der Waals surface area contributed by atoms with E-state index in [2.05, 4.69) is 10.5 Å². The van der Waals surface area contributed by atoms with Crippen molar-refractivity contribution in [1.29, 1.82) is 0 Å². The van der Waals surface area contributed by atoms with Crippen LogP contribution in [0, 0.1) is 6.92 Å². The number of halogens is 1. The molecule has 0 bridgehead atoms. The zero-order valence-corrected chi connectivity index (χ0v) is 23.7. The van der Waals surface area contributed by atoms with Gasteiger partial charge in [-0.05, 0) is 72.6 Å². The van der Waals surface area contributed by atoms with Gasteiger partial charge in [-0.1, -0.05) is 48.0 Å². The van der Waals surface area contributed by atoms with Gasteiger partial charge in [-0.25, -0.2) is 13.8 Å². The lowest BCUT2D eigenvalue weighted by atomic mass is 10.1. The van der Waals surface area contributed by atoms with Gasteiger partial charge in [-0.2, -0.15) is 5.10 Å². The third-order valence-electron chi connectivity index (χ3n) is 6.12. The number of aryl methyl sites for hydroxylation is 1. The first kappa shape index (κ1) is 28.7. The van der Waals surface area contributed by atoms with Crippen LogP contribution in [0.1, 0.15) is 27.0 Å². The van der Waals surface area contributed by atoms with Crippen molar-refractivity contribution in [2.75, 3.05) is 18.5 Å². The molecule has 0 atom stereocenters. The molecule has 8 nitrogen and oxygen atoms in total. The van der Waals surface area contributed by atoms with Crippen LogP contribution in [0.3, 0.4) is 0 Å². The average Bonchev–Trinajstić information content (AvgIpc) is 2.97. The number of benzene rings is 4. The number of ether oxygens (including phenoxy) is 2. The Morgan fingerprint density at radius 3 is 2.35 bits per heavy atom. The molecule has 0 unspecified atom stereocenters. The molecule has 1 amide bonds. The summed E-state index contributed by atoms with van der Waals surface area (Å²) < 4.78 is 39.2. The average molecular weight is 578 g/mol. The maximum absolute atomic E-state index is 13.7. The fraction of sp³-hybridized carbons (Fsp3) is 0.133. The fourth-order valence-corrected chi connectivity index (χ4v) is 5.66. The highest BCUT2D eigenvalue weighted by atomic mass is 35.5. The van der Waals surface area contributed by atoms with Crippen molar-refractivity contribution >= 4 is 39.4 Å². The summed E-state index contributed by atoms with van der Waals surface area (Å²) in [6, 6.07) is 25.2. The largest absolute Gasteiger partial charge is 0.497 e. The number of carbonyl (C=O) groups is 1. The zero-order valence-electron chi connectivity index (χ0n) is 22.2. The number of hydrazone groups is 1. The lowest BCUT2D eigenvalue weighted by molar-refractivity contribution is 0.0955. The Bertz CT molecular complexity index is 1630. The van der Waals surface area contributed by atoms with E-state index < -0.39 is 15.9 Å². The Labute approximate surface area is 238 Å². The van der Waals surface area contributed by atoms with E-state index in [4.69, 9.17) is 21.1 Å². The van der Waals surface area contributed by atoms with E-state index in [1.54, 1.807) is 105 Å². The van der Waals surface area contributed by atoms with Crippen molar-refractivity contribution in [3.8, 4) is 11.5 Å². The minimum absolute atomic E-state index is 0.0358. The predicted octanol–water partition coefficient (Wildman–Crippen LogP) is 5.83. The van der Waals surface area contributed by atoms with Crippen LogP contribution in [0.5, 0.6) is 11.5 Å². The van der Waals surface area contributed by atoms with Crippen LogP contribution in [-0.4, -0.2) is 34.8 Å². The highest BCUT2D eigenvalue weighted by Crippen LogP contribution is 2.31. The van der Waals surface area contributed by atoms with Gasteiger partial charge in [-0.15, -0.1) is 0 Å². The molecule has 0 saturated heterocycles. The summed E-state index contributed by atoms with van der Waals surface area (Å²) >= 11 is 6.24. The van der Waals surface area contributed by atoms with E-state index in [1.807, 2.05) is 6.92 Å². The van der Waals surface area contributed by atoms with Crippen LogP contribution in [0.2, 0.25) is 5.02 Å². The molecule has 0 saturated carbocycles. The quantitative estimate of drug-likeness (QED) is 0.189. The second kappa shape index (κ2) is 12.7. The van der Waals surface area contributed by atoms with Gasteiger partial charge in [0.25, 0.3) is 15.9 Å². The summed E-state index contributed by atoms with van der Waals surface area (Å²) in [4.78, 5) is 12.9. The number of rotatable bonds is 10. The number of nitrogens with zero attached hydrogens (tertiary/aromatic N) is 2. The summed E-state index contributed by atoms with van der Waals surface area (Å²) in [5, 5.41) is 4.46. The van der Waals surface area contributed by atoms with Gasteiger partial charge in [0.15, 0.2) is 0 Å². The molecular formula is C30H28ClN3O5S. The highest BCUT2D eigenvalue weighted by molar-refractivity contribution is 7.92. The maximum Gasteiger partial charge on any atom is 0.271 e. The maximum atomic E-state index is 13.7. The Kier molecular flexibility index (Phi) is 9.08. The summed E-state index contributed by atoms with van der Waals surface area (Å²) in [7, 11) is -0.813. The highest BCUT2D eigenvalue weighted by Gasteiger charge is 2.26. The summed E-state index contributed by atoms with van der Waals surface area (Å²) in [5.41, 5.74) is 5.39. The Balaban J connectivity index is 1.55. The fourth-order valence-electron chi connectivity index (χ4n) is 3.96. The van der Waals surface area contributed by atoms with E-state index in [0.717, 1.165) is 5.56 Å². The van der Waals surface area contributed by atoms with E-state index in [1.165, 1.54) is 10.5 Å². The second-order valence-corrected chi connectivity index (χ2v) is 11.1. The molecule has 1 N–H and O–H groups in total. The van der Waals surface area contributed by atoms with Crippen LogP contribution in [0.4, 0.5) is 5.69 Å². The molecule has 0 fully saturated rings. The van der Waals surface area contributed by atoms with Gasteiger partial charge in [0.1, 0.15) is 11.5 Å². The Morgan fingerprint density at radius 2 is 1.68 bits per heavy atom. The number of carbonyl (C=O) groups excluding carboxylic acids is 1. The number of anilines is 1. The standard InChI is InChI=1S/C30H28ClN3O5S/c1-21-9-14-25(31)18-28(21)34(40(36,37)27-7-5-4-6-8-27)20-22-10-12-23(13-11-22)30(35)33-32-19-24-17-26(38-2)15-16-29(24)39-3/h4-19H,20H2,1-3H3,(H,33,35)/b32-19-.